The van der Waals surface area contributed by atoms with Crippen LogP contribution < -0.4 is 14.8 Å². The van der Waals surface area contributed by atoms with Gasteiger partial charge in [0.05, 0.1) is 19.3 Å². The van der Waals surface area contributed by atoms with E-state index in [9.17, 15) is 4.79 Å². The highest BCUT2D eigenvalue weighted by molar-refractivity contribution is 6.07. The molecule has 0 spiro atoms. The Balaban J connectivity index is 1.57. The van der Waals surface area contributed by atoms with Gasteiger partial charge < -0.3 is 14.8 Å². The molecule has 0 saturated heterocycles. The molecular formula is C22H21NO3. The van der Waals surface area contributed by atoms with Crippen molar-refractivity contribution in [1.29, 1.82) is 0 Å². The molecule has 0 unspecified atom stereocenters. The van der Waals surface area contributed by atoms with Crippen LogP contribution in [0, 0.1) is 0 Å². The highest BCUT2D eigenvalue weighted by atomic mass is 16.5. The number of benzene rings is 3. The Labute approximate surface area is 152 Å². The molecule has 0 aliphatic carbocycles. The van der Waals surface area contributed by atoms with E-state index in [2.05, 4.69) is 5.32 Å². The van der Waals surface area contributed by atoms with E-state index in [-0.39, 0.29) is 11.9 Å². The minimum absolute atomic E-state index is 0.0820. The smallest absolute Gasteiger partial charge is 0.252 e. The monoisotopic (exact) mass is 347 g/mol. The van der Waals surface area contributed by atoms with E-state index in [1.54, 1.807) is 0 Å². The summed E-state index contributed by atoms with van der Waals surface area (Å²) in [6.07, 6.45) is 0.872. The molecule has 4 nitrogen and oxygen atoms in total. The highest BCUT2D eigenvalue weighted by Gasteiger charge is 2.17. The SMILES string of the molecule is C[C@H](NC(=O)c1cccc2ccccc12)c1ccc2c(c1)OCCCO2. The number of hydrogen-bond donors (Lipinski definition) is 1. The maximum Gasteiger partial charge on any atom is 0.252 e. The van der Waals surface area contributed by atoms with Gasteiger partial charge in [0.25, 0.3) is 5.91 Å². The molecule has 3 aromatic carbocycles. The van der Waals surface area contributed by atoms with Crippen molar-refractivity contribution < 1.29 is 14.3 Å². The number of carbonyl (C=O) groups is 1. The van der Waals surface area contributed by atoms with Gasteiger partial charge in [-0.25, -0.2) is 0 Å². The number of nitrogens with one attached hydrogen (secondary N) is 1. The molecule has 0 aromatic heterocycles. The zero-order valence-electron chi connectivity index (χ0n) is 14.7. The van der Waals surface area contributed by atoms with Crippen molar-refractivity contribution in [3.63, 3.8) is 0 Å². The van der Waals surface area contributed by atoms with Crippen molar-refractivity contribution in [3.8, 4) is 11.5 Å². The van der Waals surface area contributed by atoms with E-state index in [0.717, 1.165) is 34.3 Å². The van der Waals surface area contributed by atoms with E-state index in [1.165, 1.54) is 0 Å². The van der Waals surface area contributed by atoms with Crippen molar-refractivity contribution in [2.24, 2.45) is 0 Å². The summed E-state index contributed by atoms with van der Waals surface area (Å²) < 4.78 is 11.4. The lowest BCUT2D eigenvalue weighted by molar-refractivity contribution is 0.0941. The lowest BCUT2D eigenvalue weighted by Gasteiger charge is -2.17. The van der Waals surface area contributed by atoms with Crippen molar-refractivity contribution in [1.82, 2.24) is 5.32 Å². The average molecular weight is 347 g/mol. The minimum atomic E-state index is -0.140. The number of rotatable bonds is 3. The third-order valence-electron chi connectivity index (χ3n) is 4.65. The molecular weight excluding hydrogens is 326 g/mol. The van der Waals surface area contributed by atoms with Crippen LogP contribution in [0.25, 0.3) is 10.8 Å². The van der Waals surface area contributed by atoms with Crippen LogP contribution >= 0.6 is 0 Å². The number of carbonyl (C=O) groups excluding carboxylic acids is 1. The van der Waals surface area contributed by atoms with Gasteiger partial charge in [-0.1, -0.05) is 42.5 Å². The summed E-state index contributed by atoms with van der Waals surface area (Å²) in [5.41, 5.74) is 1.67. The van der Waals surface area contributed by atoms with Gasteiger partial charge in [0.15, 0.2) is 11.5 Å². The quantitative estimate of drug-likeness (QED) is 0.759. The van der Waals surface area contributed by atoms with Gasteiger partial charge in [-0.15, -0.1) is 0 Å². The summed E-state index contributed by atoms with van der Waals surface area (Å²) in [7, 11) is 0. The van der Waals surface area contributed by atoms with Crippen LogP contribution in [0.15, 0.2) is 60.7 Å². The van der Waals surface area contributed by atoms with E-state index in [0.29, 0.717) is 18.8 Å². The van der Waals surface area contributed by atoms with E-state index in [1.807, 2.05) is 67.6 Å². The molecule has 1 N–H and O–H groups in total. The van der Waals surface area contributed by atoms with Crippen LogP contribution in [-0.2, 0) is 0 Å². The minimum Gasteiger partial charge on any atom is -0.490 e. The summed E-state index contributed by atoms with van der Waals surface area (Å²) in [4.78, 5) is 12.8. The number of hydrogen-bond acceptors (Lipinski definition) is 3. The van der Waals surface area contributed by atoms with E-state index < -0.39 is 0 Å². The van der Waals surface area contributed by atoms with E-state index in [4.69, 9.17) is 9.47 Å². The van der Waals surface area contributed by atoms with Crippen LogP contribution in [0.5, 0.6) is 11.5 Å². The first kappa shape index (κ1) is 16.5. The van der Waals surface area contributed by atoms with Gasteiger partial charge in [-0.05, 0) is 41.5 Å². The molecule has 0 bridgehead atoms. The molecule has 1 heterocycles. The highest BCUT2D eigenvalue weighted by Crippen LogP contribution is 2.32. The molecule has 4 rings (SSSR count). The average Bonchev–Trinajstić information content (AvgIpc) is 2.92. The fourth-order valence-electron chi connectivity index (χ4n) is 3.23. The fraction of sp³-hybridized carbons (Fsp3) is 0.227. The molecule has 26 heavy (non-hydrogen) atoms. The van der Waals surface area contributed by atoms with Crippen molar-refractivity contribution in [2.75, 3.05) is 13.2 Å². The normalized spacial score (nSPS) is 14.5. The Kier molecular flexibility index (Phi) is 4.48. The molecule has 3 aromatic rings. The first-order chi connectivity index (χ1) is 12.7. The Morgan fingerprint density at radius 2 is 1.73 bits per heavy atom. The summed E-state index contributed by atoms with van der Waals surface area (Å²) in [5.74, 6) is 1.42. The van der Waals surface area contributed by atoms with E-state index >= 15 is 0 Å². The van der Waals surface area contributed by atoms with Crippen molar-refractivity contribution in [3.05, 3.63) is 71.8 Å². The molecule has 0 fully saturated rings. The van der Waals surface area contributed by atoms with Gasteiger partial charge in [0.2, 0.25) is 0 Å². The first-order valence-corrected chi connectivity index (χ1v) is 8.90. The maximum atomic E-state index is 12.8. The second-order valence-electron chi connectivity index (χ2n) is 6.48. The second kappa shape index (κ2) is 7.08. The largest absolute Gasteiger partial charge is 0.490 e. The predicted molar refractivity (Wildman–Crippen MR) is 102 cm³/mol. The molecule has 1 atom stereocenters. The van der Waals surface area contributed by atoms with Gasteiger partial charge in [-0.2, -0.15) is 0 Å². The first-order valence-electron chi connectivity index (χ1n) is 8.90. The Bertz CT molecular complexity index is 946. The second-order valence-corrected chi connectivity index (χ2v) is 6.48. The summed E-state index contributed by atoms with van der Waals surface area (Å²) in [6, 6.07) is 19.4. The third-order valence-corrected chi connectivity index (χ3v) is 4.65. The predicted octanol–water partition coefficient (Wildman–Crippen LogP) is 4.49. The Morgan fingerprint density at radius 3 is 2.62 bits per heavy atom. The summed E-state index contributed by atoms with van der Waals surface area (Å²) in [5, 5.41) is 5.11. The van der Waals surface area contributed by atoms with Gasteiger partial charge >= 0.3 is 0 Å². The van der Waals surface area contributed by atoms with Crippen LogP contribution in [0.1, 0.15) is 35.3 Å². The van der Waals surface area contributed by atoms with Gasteiger partial charge in [0, 0.05) is 12.0 Å². The van der Waals surface area contributed by atoms with Gasteiger partial charge in [0.1, 0.15) is 0 Å². The van der Waals surface area contributed by atoms with Crippen LogP contribution in [0.2, 0.25) is 0 Å². The molecule has 1 amide bonds. The Hall–Kier alpha value is -3.01. The lowest BCUT2D eigenvalue weighted by atomic mass is 10.0. The topological polar surface area (TPSA) is 47.6 Å². The maximum absolute atomic E-state index is 12.8. The standard InChI is InChI=1S/C22H21NO3/c1-15(17-10-11-20-21(14-17)26-13-5-12-25-20)23-22(24)19-9-4-7-16-6-2-3-8-18(16)19/h2-4,6-11,14-15H,5,12-13H2,1H3,(H,23,24)/t15-/m0/s1. The van der Waals surface area contributed by atoms with Crippen molar-refractivity contribution >= 4 is 16.7 Å². The Morgan fingerprint density at radius 1 is 0.962 bits per heavy atom. The number of ether oxygens (including phenoxy) is 2. The number of amides is 1. The summed E-state index contributed by atoms with van der Waals surface area (Å²) >= 11 is 0. The molecule has 4 heteroatoms. The molecule has 1 aliphatic rings. The van der Waals surface area contributed by atoms with Crippen LogP contribution in [0.4, 0.5) is 0 Å². The van der Waals surface area contributed by atoms with Crippen molar-refractivity contribution in [2.45, 2.75) is 19.4 Å². The summed E-state index contributed by atoms with van der Waals surface area (Å²) in [6.45, 7) is 3.29. The molecule has 1 aliphatic heterocycles. The zero-order valence-corrected chi connectivity index (χ0v) is 14.7. The van der Waals surface area contributed by atoms with Gasteiger partial charge in [-0.3, -0.25) is 4.79 Å². The zero-order chi connectivity index (χ0) is 17.9. The molecule has 132 valence electrons. The fourth-order valence-corrected chi connectivity index (χ4v) is 3.23. The molecule has 0 saturated carbocycles. The number of fused-ring (bicyclic) bond motifs is 2. The lowest BCUT2D eigenvalue weighted by Crippen LogP contribution is -2.26. The van der Waals surface area contributed by atoms with Crippen LogP contribution in [-0.4, -0.2) is 19.1 Å². The van der Waals surface area contributed by atoms with Crippen LogP contribution in [0.3, 0.4) is 0 Å². The molecule has 0 radical (unpaired) electrons. The third kappa shape index (κ3) is 3.23.